The Balaban J connectivity index is 2.63. The molecule has 0 radical (unpaired) electrons. The van der Waals surface area contributed by atoms with Gasteiger partial charge in [-0.1, -0.05) is 19.8 Å². The van der Waals surface area contributed by atoms with Crippen molar-refractivity contribution in [2.45, 2.75) is 51.1 Å². The van der Waals surface area contributed by atoms with Crippen molar-refractivity contribution in [2.24, 2.45) is 5.73 Å². The van der Waals surface area contributed by atoms with Crippen LogP contribution in [-0.2, 0) is 14.4 Å². The fourth-order valence-electron chi connectivity index (χ4n) is 2.36. The molecule has 3 N–H and O–H groups in total. The van der Waals surface area contributed by atoms with E-state index in [0.717, 1.165) is 32.2 Å². The van der Waals surface area contributed by atoms with E-state index in [-0.39, 0.29) is 11.9 Å². The van der Waals surface area contributed by atoms with Crippen LogP contribution in [0.3, 0.4) is 0 Å². The fourth-order valence-corrected chi connectivity index (χ4v) is 2.36. The zero-order chi connectivity index (χ0) is 14.4. The van der Waals surface area contributed by atoms with Gasteiger partial charge in [-0.25, -0.2) is 0 Å². The molecule has 1 heterocycles. The maximum Gasteiger partial charge on any atom is 0.287 e. The lowest BCUT2D eigenvalue weighted by molar-refractivity contribution is -0.139. The second-order valence-electron chi connectivity index (χ2n) is 5.07. The Hall–Kier alpha value is -1.43. The van der Waals surface area contributed by atoms with Crippen LogP contribution >= 0.6 is 0 Å². The van der Waals surface area contributed by atoms with Crippen molar-refractivity contribution < 1.29 is 14.4 Å². The first kappa shape index (κ1) is 15.6. The molecule has 108 valence electrons. The van der Waals surface area contributed by atoms with Crippen LogP contribution in [0.15, 0.2) is 0 Å². The monoisotopic (exact) mass is 269 g/mol. The highest BCUT2D eigenvalue weighted by atomic mass is 16.2. The number of carbonyl (C=O) groups is 3. The van der Waals surface area contributed by atoms with Crippen molar-refractivity contribution >= 4 is 17.6 Å². The summed E-state index contributed by atoms with van der Waals surface area (Å²) >= 11 is 0. The average molecular weight is 269 g/mol. The Morgan fingerprint density at radius 2 is 2.11 bits per heavy atom. The number of unbranched alkanes of at least 4 members (excludes halogenated alkanes) is 1. The molecule has 0 aliphatic carbocycles. The van der Waals surface area contributed by atoms with E-state index in [0.29, 0.717) is 6.42 Å². The highest BCUT2D eigenvalue weighted by molar-refractivity contribution is 6.37. The van der Waals surface area contributed by atoms with E-state index in [4.69, 9.17) is 5.73 Å². The molecule has 1 rings (SSSR count). The lowest BCUT2D eigenvalue weighted by atomic mass is 10.0. The molecule has 0 aromatic carbocycles. The molecule has 0 aromatic heterocycles. The van der Waals surface area contributed by atoms with Gasteiger partial charge in [0.1, 0.15) is 0 Å². The molecular weight excluding hydrogens is 246 g/mol. The minimum absolute atomic E-state index is 0.185. The first-order valence-corrected chi connectivity index (χ1v) is 6.81. The van der Waals surface area contributed by atoms with E-state index >= 15 is 0 Å². The van der Waals surface area contributed by atoms with E-state index in [2.05, 4.69) is 5.32 Å². The standard InChI is InChI=1S/C13H23N3O3/c1-3-4-6-9(11(17)12(14)18)15-13(19)10-7-5-8-16(10)2/h9-10H,3-8H2,1-2H3,(H2,14,18)(H,15,19). The third-order valence-electron chi connectivity index (χ3n) is 3.55. The molecule has 2 amide bonds. The second-order valence-corrected chi connectivity index (χ2v) is 5.07. The van der Waals surface area contributed by atoms with Crippen molar-refractivity contribution in [1.29, 1.82) is 0 Å². The summed E-state index contributed by atoms with van der Waals surface area (Å²) in [5.41, 5.74) is 5.01. The smallest absolute Gasteiger partial charge is 0.287 e. The number of amides is 2. The van der Waals surface area contributed by atoms with Gasteiger partial charge >= 0.3 is 0 Å². The summed E-state index contributed by atoms with van der Waals surface area (Å²) in [6.45, 7) is 2.86. The minimum Gasteiger partial charge on any atom is -0.363 e. The van der Waals surface area contributed by atoms with E-state index in [1.54, 1.807) is 0 Å². The lowest BCUT2D eigenvalue weighted by Crippen LogP contribution is -2.51. The van der Waals surface area contributed by atoms with E-state index in [1.807, 2.05) is 18.9 Å². The van der Waals surface area contributed by atoms with Gasteiger partial charge in [-0.3, -0.25) is 19.3 Å². The molecule has 0 saturated carbocycles. The first-order valence-electron chi connectivity index (χ1n) is 6.81. The number of nitrogens with one attached hydrogen (secondary N) is 1. The number of Topliss-reactive ketones (excluding diaryl/α,β-unsaturated/α-hetero) is 1. The Kier molecular flexibility index (Phi) is 5.95. The predicted molar refractivity (Wildman–Crippen MR) is 71.3 cm³/mol. The molecule has 19 heavy (non-hydrogen) atoms. The van der Waals surface area contributed by atoms with Crippen molar-refractivity contribution in [2.75, 3.05) is 13.6 Å². The molecule has 0 aromatic rings. The zero-order valence-electron chi connectivity index (χ0n) is 11.6. The van der Waals surface area contributed by atoms with Crippen LogP contribution in [-0.4, -0.2) is 48.2 Å². The largest absolute Gasteiger partial charge is 0.363 e. The predicted octanol–water partition coefficient (Wildman–Crippen LogP) is -0.190. The fraction of sp³-hybridized carbons (Fsp3) is 0.769. The summed E-state index contributed by atoms with van der Waals surface area (Å²) in [5.74, 6) is -1.88. The normalized spacial score (nSPS) is 21.1. The van der Waals surface area contributed by atoms with E-state index in [1.165, 1.54) is 0 Å². The van der Waals surface area contributed by atoms with Crippen molar-refractivity contribution in [3.8, 4) is 0 Å². The first-order chi connectivity index (χ1) is 8.97. The second kappa shape index (κ2) is 7.23. The van der Waals surface area contributed by atoms with Crippen LogP contribution < -0.4 is 11.1 Å². The molecule has 1 saturated heterocycles. The highest BCUT2D eigenvalue weighted by Gasteiger charge is 2.31. The topological polar surface area (TPSA) is 92.5 Å². The van der Waals surface area contributed by atoms with E-state index < -0.39 is 17.7 Å². The van der Waals surface area contributed by atoms with Gasteiger partial charge in [-0.2, -0.15) is 0 Å². The van der Waals surface area contributed by atoms with Gasteiger partial charge in [0.15, 0.2) is 0 Å². The molecular formula is C13H23N3O3. The van der Waals surface area contributed by atoms with Gasteiger partial charge in [0.25, 0.3) is 5.91 Å². The molecule has 2 unspecified atom stereocenters. The summed E-state index contributed by atoms with van der Waals surface area (Å²) < 4.78 is 0. The number of likely N-dealkylation sites (tertiary alicyclic amines) is 1. The molecule has 0 bridgehead atoms. The van der Waals surface area contributed by atoms with Crippen LogP contribution in [0.4, 0.5) is 0 Å². The lowest BCUT2D eigenvalue weighted by Gasteiger charge is -2.22. The molecule has 1 aliphatic heterocycles. The SMILES string of the molecule is CCCCC(NC(=O)C1CCCN1C)C(=O)C(N)=O. The summed E-state index contributed by atoms with van der Waals surface area (Å²) in [5, 5.41) is 2.67. The average Bonchev–Trinajstić information content (AvgIpc) is 2.79. The van der Waals surface area contributed by atoms with Gasteiger partial charge in [-0.05, 0) is 32.9 Å². The molecule has 6 heteroatoms. The summed E-state index contributed by atoms with van der Waals surface area (Å²) in [6, 6.07) is -0.983. The Morgan fingerprint density at radius 3 is 2.58 bits per heavy atom. The zero-order valence-corrected chi connectivity index (χ0v) is 11.6. The van der Waals surface area contributed by atoms with Crippen LogP contribution in [0.5, 0.6) is 0 Å². The summed E-state index contributed by atoms with van der Waals surface area (Å²) in [7, 11) is 1.88. The number of hydrogen-bond acceptors (Lipinski definition) is 4. The van der Waals surface area contributed by atoms with Gasteiger partial charge in [-0.15, -0.1) is 0 Å². The molecule has 6 nitrogen and oxygen atoms in total. The van der Waals surface area contributed by atoms with Gasteiger partial charge in [0.05, 0.1) is 12.1 Å². The van der Waals surface area contributed by atoms with E-state index in [9.17, 15) is 14.4 Å². The van der Waals surface area contributed by atoms with Crippen LogP contribution in [0.2, 0.25) is 0 Å². The third-order valence-corrected chi connectivity index (χ3v) is 3.55. The van der Waals surface area contributed by atoms with Gasteiger partial charge in [0, 0.05) is 0 Å². The number of rotatable bonds is 7. The van der Waals surface area contributed by atoms with Gasteiger partial charge in [0.2, 0.25) is 11.7 Å². The van der Waals surface area contributed by atoms with Crippen molar-refractivity contribution in [3.05, 3.63) is 0 Å². The highest BCUT2D eigenvalue weighted by Crippen LogP contribution is 2.15. The number of nitrogens with two attached hydrogens (primary N) is 1. The molecule has 1 aliphatic rings. The number of primary amides is 1. The summed E-state index contributed by atoms with van der Waals surface area (Å²) in [4.78, 5) is 36.7. The Bertz CT molecular complexity index is 357. The van der Waals surface area contributed by atoms with Crippen LogP contribution in [0, 0.1) is 0 Å². The maximum atomic E-state index is 12.1. The number of carbonyl (C=O) groups excluding carboxylic acids is 3. The van der Waals surface area contributed by atoms with Crippen LogP contribution in [0.1, 0.15) is 39.0 Å². The maximum absolute atomic E-state index is 12.1. The van der Waals surface area contributed by atoms with Crippen molar-refractivity contribution in [1.82, 2.24) is 10.2 Å². The Morgan fingerprint density at radius 1 is 1.42 bits per heavy atom. The quantitative estimate of drug-likeness (QED) is 0.627. The van der Waals surface area contributed by atoms with Gasteiger partial charge < -0.3 is 11.1 Å². The molecule has 2 atom stereocenters. The minimum atomic E-state index is -0.985. The number of hydrogen-bond donors (Lipinski definition) is 2. The number of ketones is 1. The third kappa shape index (κ3) is 4.31. The number of likely N-dealkylation sites (N-methyl/N-ethyl adjacent to an activating group) is 1. The Labute approximate surface area is 113 Å². The molecule has 0 spiro atoms. The number of nitrogens with zero attached hydrogens (tertiary/aromatic N) is 1. The van der Waals surface area contributed by atoms with Crippen molar-refractivity contribution in [3.63, 3.8) is 0 Å². The van der Waals surface area contributed by atoms with Crippen LogP contribution in [0.25, 0.3) is 0 Å². The molecule has 1 fully saturated rings. The summed E-state index contributed by atoms with van der Waals surface area (Å²) in [6.07, 6.45) is 3.87.